The van der Waals surface area contributed by atoms with Crippen molar-refractivity contribution in [2.75, 3.05) is 17.2 Å². The van der Waals surface area contributed by atoms with Crippen molar-refractivity contribution in [3.8, 4) is 0 Å². The molecule has 1 heterocycles. The van der Waals surface area contributed by atoms with E-state index in [9.17, 15) is 13.2 Å². The number of anilines is 3. The Labute approximate surface area is 127 Å². The van der Waals surface area contributed by atoms with Crippen molar-refractivity contribution in [1.82, 2.24) is 9.97 Å². The summed E-state index contributed by atoms with van der Waals surface area (Å²) in [5.74, 6) is -2.57. The van der Waals surface area contributed by atoms with E-state index in [4.69, 9.17) is 0 Å². The van der Waals surface area contributed by atoms with Crippen LogP contribution in [0.3, 0.4) is 0 Å². The number of nitrogens with one attached hydrogen (secondary N) is 2. The Bertz CT molecular complexity index is 628. The van der Waals surface area contributed by atoms with Gasteiger partial charge in [-0.2, -0.15) is 4.98 Å². The molecule has 0 aliphatic heterocycles. The third-order valence-corrected chi connectivity index (χ3v) is 3.11. The number of rotatable bonds is 5. The van der Waals surface area contributed by atoms with Crippen molar-refractivity contribution < 1.29 is 13.2 Å². The van der Waals surface area contributed by atoms with Gasteiger partial charge in [-0.15, -0.1) is 0 Å². The molecule has 0 atom stereocenters. The molecular weight excluding hydrogens is 349 g/mol. The van der Waals surface area contributed by atoms with Gasteiger partial charge in [0.05, 0.1) is 4.47 Å². The van der Waals surface area contributed by atoms with Gasteiger partial charge < -0.3 is 10.6 Å². The molecular formula is C13H12BrF3N4. The molecule has 0 radical (unpaired) electrons. The van der Waals surface area contributed by atoms with E-state index in [2.05, 4.69) is 36.5 Å². The lowest BCUT2D eigenvalue weighted by Crippen LogP contribution is -2.07. The maximum atomic E-state index is 13.6. The molecule has 4 nitrogen and oxygen atoms in total. The van der Waals surface area contributed by atoms with Gasteiger partial charge >= 0.3 is 0 Å². The Balaban J connectivity index is 2.31. The number of hydrogen-bond acceptors (Lipinski definition) is 4. The number of aromatic nitrogens is 2. The van der Waals surface area contributed by atoms with E-state index in [1.54, 1.807) is 0 Å². The molecule has 0 aliphatic carbocycles. The van der Waals surface area contributed by atoms with Gasteiger partial charge in [0.15, 0.2) is 17.5 Å². The highest BCUT2D eigenvalue weighted by Gasteiger charge is 2.14. The highest BCUT2D eigenvalue weighted by molar-refractivity contribution is 9.10. The van der Waals surface area contributed by atoms with Crippen molar-refractivity contribution in [3.05, 3.63) is 40.3 Å². The normalized spacial score (nSPS) is 10.5. The first-order valence-electron chi connectivity index (χ1n) is 6.19. The Morgan fingerprint density at radius 1 is 1.19 bits per heavy atom. The first-order chi connectivity index (χ1) is 10.0. The molecule has 2 N–H and O–H groups in total. The molecule has 0 bridgehead atoms. The van der Waals surface area contributed by atoms with E-state index in [-0.39, 0.29) is 5.82 Å². The number of hydrogen-bond donors (Lipinski definition) is 2. The summed E-state index contributed by atoms with van der Waals surface area (Å²) in [4.78, 5) is 8.12. The summed E-state index contributed by atoms with van der Waals surface area (Å²) < 4.78 is 40.5. The van der Waals surface area contributed by atoms with Crippen molar-refractivity contribution in [3.63, 3.8) is 0 Å². The Morgan fingerprint density at radius 2 is 1.86 bits per heavy atom. The van der Waals surface area contributed by atoms with Gasteiger partial charge in [-0.3, -0.25) is 0 Å². The summed E-state index contributed by atoms with van der Waals surface area (Å²) in [5, 5.41) is 5.45. The molecule has 0 fully saturated rings. The number of halogens is 4. The van der Waals surface area contributed by atoms with Crippen LogP contribution in [0.4, 0.5) is 30.6 Å². The third-order valence-electron chi connectivity index (χ3n) is 2.53. The molecule has 0 amide bonds. The molecule has 0 saturated heterocycles. The maximum Gasteiger partial charge on any atom is 0.224 e. The first kappa shape index (κ1) is 15.6. The van der Waals surface area contributed by atoms with Crippen LogP contribution in [0.2, 0.25) is 0 Å². The van der Waals surface area contributed by atoms with Crippen LogP contribution in [0.15, 0.2) is 22.8 Å². The van der Waals surface area contributed by atoms with E-state index in [0.29, 0.717) is 29.1 Å². The quantitative estimate of drug-likeness (QED) is 0.837. The van der Waals surface area contributed by atoms with Gasteiger partial charge in [0.1, 0.15) is 11.5 Å². The summed E-state index contributed by atoms with van der Waals surface area (Å²) in [7, 11) is 0. The zero-order chi connectivity index (χ0) is 15.4. The second-order valence-corrected chi connectivity index (χ2v) is 5.04. The fourth-order valence-corrected chi connectivity index (χ4v) is 1.85. The number of benzene rings is 1. The van der Waals surface area contributed by atoms with Crippen molar-refractivity contribution in [2.45, 2.75) is 13.3 Å². The van der Waals surface area contributed by atoms with E-state index < -0.39 is 23.1 Å². The van der Waals surface area contributed by atoms with Crippen LogP contribution in [0.1, 0.15) is 13.3 Å². The molecule has 1 aromatic heterocycles. The summed E-state index contributed by atoms with van der Waals surface area (Å²) in [5.41, 5.74) is -0.475. The minimum atomic E-state index is -1.04. The lowest BCUT2D eigenvalue weighted by molar-refractivity contribution is 0.548. The lowest BCUT2D eigenvalue weighted by atomic mass is 10.2. The minimum Gasteiger partial charge on any atom is -0.354 e. The molecule has 2 aromatic rings. The zero-order valence-electron chi connectivity index (χ0n) is 11.1. The maximum absolute atomic E-state index is 13.6. The second kappa shape index (κ2) is 6.75. The molecule has 8 heteroatoms. The molecule has 2 rings (SSSR count). The smallest absolute Gasteiger partial charge is 0.224 e. The molecule has 21 heavy (non-hydrogen) atoms. The molecule has 0 unspecified atom stereocenters. The predicted molar refractivity (Wildman–Crippen MR) is 78.1 cm³/mol. The molecule has 0 saturated carbocycles. The SMILES string of the molecule is CCCNc1ncc(Br)c(Nc2c(F)cc(F)cc2F)n1. The average molecular weight is 361 g/mol. The topological polar surface area (TPSA) is 49.8 Å². The van der Waals surface area contributed by atoms with E-state index in [1.807, 2.05) is 6.92 Å². The summed E-state index contributed by atoms with van der Waals surface area (Å²) in [6, 6.07) is 1.19. The molecule has 1 aromatic carbocycles. The molecule has 0 aliphatic rings. The largest absolute Gasteiger partial charge is 0.354 e. The second-order valence-electron chi connectivity index (χ2n) is 4.19. The standard InChI is InChI=1S/C13H12BrF3N4/c1-2-3-18-13-19-6-8(14)12(21-13)20-11-9(16)4-7(15)5-10(11)17/h4-6H,2-3H2,1H3,(H2,18,19,20,21). The van der Waals surface area contributed by atoms with Crippen LogP contribution in [0.5, 0.6) is 0 Å². The van der Waals surface area contributed by atoms with Crippen LogP contribution < -0.4 is 10.6 Å². The van der Waals surface area contributed by atoms with Crippen LogP contribution >= 0.6 is 15.9 Å². The molecule has 0 spiro atoms. The van der Waals surface area contributed by atoms with Gasteiger partial charge in [0.2, 0.25) is 5.95 Å². The van der Waals surface area contributed by atoms with Crippen LogP contribution in [0, 0.1) is 17.5 Å². The summed E-state index contributed by atoms with van der Waals surface area (Å²) >= 11 is 3.19. The Kier molecular flexibility index (Phi) is 5.00. The van der Waals surface area contributed by atoms with Crippen LogP contribution in [-0.4, -0.2) is 16.5 Å². The van der Waals surface area contributed by atoms with Gasteiger partial charge in [-0.05, 0) is 22.4 Å². The van der Waals surface area contributed by atoms with Crippen molar-refractivity contribution in [1.29, 1.82) is 0 Å². The average Bonchev–Trinajstić information content (AvgIpc) is 2.43. The Morgan fingerprint density at radius 3 is 2.48 bits per heavy atom. The number of nitrogens with zero attached hydrogens (tertiary/aromatic N) is 2. The highest BCUT2D eigenvalue weighted by atomic mass is 79.9. The minimum absolute atomic E-state index is 0.174. The van der Waals surface area contributed by atoms with Gasteiger partial charge in [-0.1, -0.05) is 6.92 Å². The highest BCUT2D eigenvalue weighted by Crippen LogP contribution is 2.28. The van der Waals surface area contributed by atoms with Crippen LogP contribution in [0.25, 0.3) is 0 Å². The predicted octanol–water partition coefficient (Wildman–Crippen LogP) is 4.22. The van der Waals surface area contributed by atoms with Gasteiger partial charge in [0.25, 0.3) is 0 Å². The fourth-order valence-electron chi connectivity index (χ4n) is 1.56. The summed E-state index contributed by atoms with van der Waals surface area (Å²) in [6.45, 7) is 2.65. The first-order valence-corrected chi connectivity index (χ1v) is 6.98. The zero-order valence-corrected chi connectivity index (χ0v) is 12.6. The van der Waals surface area contributed by atoms with Crippen molar-refractivity contribution in [2.24, 2.45) is 0 Å². The van der Waals surface area contributed by atoms with E-state index in [1.165, 1.54) is 6.20 Å². The Hall–Kier alpha value is -1.83. The molecule has 112 valence electrons. The van der Waals surface area contributed by atoms with E-state index in [0.717, 1.165) is 6.42 Å². The van der Waals surface area contributed by atoms with Crippen molar-refractivity contribution >= 4 is 33.4 Å². The van der Waals surface area contributed by atoms with Gasteiger partial charge in [-0.25, -0.2) is 18.2 Å². The van der Waals surface area contributed by atoms with E-state index >= 15 is 0 Å². The third kappa shape index (κ3) is 3.84. The lowest BCUT2D eigenvalue weighted by Gasteiger charge is -2.11. The van der Waals surface area contributed by atoms with Gasteiger partial charge in [0, 0.05) is 24.9 Å². The fraction of sp³-hybridized carbons (Fsp3) is 0.231. The van der Waals surface area contributed by atoms with Crippen LogP contribution in [-0.2, 0) is 0 Å². The summed E-state index contributed by atoms with van der Waals surface area (Å²) in [6.07, 6.45) is 2.33. The monoisotopic (exact) mass is 360 g/mol.